The zero-order chi connectivity index (χ0) is 23.6. The third kappa shape index (κ3) is 4.14. The Hall–Kier alpha value is -1.16. The van der Waals surface area contributed by atoms with E-state index in [1.165, 1.54) is 25.6 Å². The normalized spacial score (nSPS) is 33.0. The number of ether oxygens (including phenoxy) is 3. The first-order valence-corrected chi connectivity index (χ1v) is 11.4. The van der Waals surface area contributed by atoms with Crippen molar-refractivity contribution in [3.05, 3.63) is 0 Å². The fourth-order valence-electron chi connectivity index (χ4n) is 4.18. The van der Waals surface area contributed by atoms with Crippen LogP contribution in [0.2, 0.25) is 0 Å². The number of esters is 2. The minimum absolute atomic E-state index is 0.273. The van der Waals surface area contributed by atoms with Crippen LogP contribution < -0.4 is 0 Å². The molecule has 1 N–H and O–H groups in total. The van der Waals surface area contributed by atoms with Gasteiger partial charge in [-0.3, -0.25) is 4.79 Å². The molecule has 178 valence electrons. The number of halogens is 4. The highest BCUT2D eigenvalue weighted by atomic mass is 32.2. The van der Waals surface area contributed by atoms with Gasteiger partial charge in [-0.05, 0) is 13.8 Å². The molecule has 3 saturated heterocycles. The molecule has 3 aliphatic rings. The second kappa shape index (κ2) is 7.71. The summed E-state index contributed by atoms with van der Waals surface area (Å²) in [7, 11) is -6.63. The van der Waals surface area contributed by atoms with Crippen LogP contribution >= 0.6 is 11.8 Å². The predicted octanol–water partition coefficient (Wildman–Crippen LogP) is 0.504. The molecular weight excluding hydrogens is 476 g/mol. The highest BCUT2D eigenvalue weighted by Gasteiger charge is 2.70. The highest BCUT2D eigenvalue weighted by molar-refractivity contribution is 8.01. The fraction of sp³-hybridized carbons (Fsp3) is 0.875. The topological polar surface area (TPSA) is 139 Å². The van der Waals surface area contributed by atoms with E-state index in [9.17, 15) is 45.2 Å². The van der Waals surface area contributed by atoms with Crippen molar-refractivity contribution < 1.29 is 59.4 Å². The smallest absolute Gasteiger partial charge is 0.396 e. The first-order chi connectivity index (χ1) is 14.0. The standard InChI is InChI=1S/C16H20F4O9S2/c1-14(2,23)8-7-11-10(29-13(7)22)9(12(8)30-11)28-5-6(21)27-4-3-15(17,18)16(19,20)31(24,25)26/h7-12,23H,3-5H2,1-2H3,(H,24,25,26)/p-1. The molecule has 3 aliphatic heterocycles. The molecule has 0 saturated carbocycles. The lowest BCUT2D eigenvalue weighted by molar-refractivity contribution is -0.177. The van der Waals surface area contributed by atoms with Crippen molar-refractivity contribution in [2.75, 3.05) is 13.2 Å². The van der Waals surface area contributed by atoms with Gasteiger partial charge in [0.15, 0.2) is 10.1 Å². The number of hydrogen-bond donors (Lipinski definition) is 1. The molecule has 0 aliphatic carbocycles. The van der Waals surface area contributed by atoms with Crippen LogP contribution in [0.4, 0.5) is 17.6 Å². The van der Waals surface area contributed by atoms with Crippen LogP contribution in [0, 0.1) is 11.8 Å². The Morgan fingerprint density at radius 1 is 1.26 bits per heavy atom. The molecule has 0 amide bonds. The van der Waals surface area contributed by atoms with E-state index in [0.717, 1.165) is 0 Å². The zero-order valence-electron chi connectivity index (χ0n) is 16.1. The number of alkyl halides is 4. The van der Waals surface area contributed by atoms with Crippen molar-refractivity contribution in [1.82, 2.24) is 0 Å². The summed E-state index contributed by atoms with van der Waals surface area (Å²) in [5.41, 5.74) is -1.24. The maximum atomic E-state index is 13.3. The molecule has 9 nitrogen and oxygen atoms in total. The van der Waals surface area contributed by atoms with Crippen LogP contribution in [0.3, 0.4) is 0 Å². The summed E-state index contributed by atoms with van der Waals surface area (Å²) in [4.78, 5) is 23.9. The number of fused-ring (bicyclic) bond motifs is 1. The largest absolute Gasteiger partial charge is 0.743 e. The van der Waals surface area contributed by atoms with Crippen molar-refractivity contribution in [3.63, 3.8) is 0 Å². The van der Waals surface area contributed by atoms with Gasteiger partial charge < -0.3 is 23.9 Å². The summed E-state index contributed by atoms with van der Waals surface area (Å²) in [6.07, 6.45) is -3.35. The van der Waals surface area contributed by atoms with Crippen molar-refractivity contribution in [3.8, 4) is 0 Å². The quantitative estimate of drug-likeness (QED) is 0.273. The van der Waals surface area contributed by atoms with Gasteiger partial charge in [-0.2, -0.15) is 17.6 Å². The van der Waals surface area contributed by atoms with Crippen LogP contribution in [-0.2, 0) is 33.9 Å². The summed E-state index contributed by atoms with van der Waals surface area (Å²) in [6, 6.07) is 0. The van der Waals surface area contributed by atoms with Gasteiger partial charge in [-0.25, -0.2) is 13.2 Å². The fourth-order valence-corrected chi connectivity index (χ4v) is 6.89. The molecule has 3 heterocycles. The Morgan fingerprint density at radius 2 is 1.87 bits per heavy atom. The van der Waals surface area contributed by atoms with Crippen molar-refractivity contribution >= 4 is 33.8 Å². The Labute approximate surface area is 178 Å². The number of carbonyl (C=O) groups excluding carboxylic acids is 2. The molecule has 6 atom stereocenters. The molecule has 2 bridgehead atoms. The predicted molar refractivity (Wildman–Crippen MR) is 93.2 cm³/mol. The van der Waals surface area contributed by atoms with Gasteiger partial charge in [0.25, 0.3) is 0 Å². The number of thioether (sulfide) groups is 1. The van der Waals surface area contributed by atoms with Crippen LogP contribution in [-0.4, -0.2) is 82.7 Å². The lowest BCUT2D eigenvalue weighted by atomic mass is 9.71. The van der Waals surface area contributed by atoms with E-state index in [-0.39, 0.29) is 10.5 Å². The summed E-state index contributed by atoms with van der Waals surface area (Å²) >= 11 is 1.38. The van der Waals surface area contributed by atoms with Crippen LogP contribution in [0.25, 0.3) is 0 Å². The Kier molecular flexibility index (Phi) is 6.09. The molecule has 0 aromatic carbocycles. The second-order valence-corrected chi connectivity index (χ2v) is 10.9. The number of hydrogen-bond acceptors (Lipinski definition) is 10. The molecule has 3 fully saturated rings. The van der Waals surface area contributed by atoms with Gasteiger partial charge in [-0.1, -0.05) is 0 Å². The number of rotatable bonds is 9. The van der Waals surface area contributed by atoms with E-state index in [1.54, 1.807) is 0 Å². The lowest BCUT2D eigenvalue weighted by Gasteiger charge is -2.37. The van der Waals surface area contributed by atoms with E-state index in [4.69, 9.17) is 9.47 Å². The summed E-state index contributed by atoms with van der Waals surface area (Å²) < 4.78 is 98.9. The Morgan fingerprint density at radius 3 is 2.42 bits per heavy atom. The molecular formula is C16H19F4O9S2-. The molecule has 0 radical (unpaired) electrons. The minimum atomic E-state index is -6.63. The van der Waals surface area contributed by atoms with Crippen molar-refractivity contribution in [2.24, 2.45) is 11.8 Å². The first kappa shape index (κ1) is 24.5. The molecule has 15 heteroatoms. The van der Waals surface area contributed by atoms with Crippen molar-refractivity contribution in [2.45, 2.75) is 59.8 Å². The van der Waals surface area contributed by atoms with Gasteiger partial charge in [0.1, 0.15) is 18.8 Å². The third-order valence-electron chi connectivity index (χ3n) is 5.53. The molecule has 6 unspecified atom stereocenters. The zero-order valence-corrected chi connectivity index (χ0v) is 17.8. The van der Waals surface area contributed by atoms with Gasteiger partial charge in [0.2, 0.25) is 0 Å². The Bertz CT molecular complexity index is 858. The van der Waals surface area contributed by atoms with Crippen LogP contribution in [0.5, 0.6) is 0 Å². The van der Waals surface area contributed by atoms with Gasteiger partial charge in [-0.15, -0.1) is 11.8 Å². The average molecular weight is 495 g/mol. The Balaban J connectivity index is 1.53. The van der Waals surface area contributed by atoms with E-state index in [0.29, 0.717) is 0 Å². The van der Waals surface area contributed by atoms with Gasteiger partial charge >= 0.3 is 23.1 Å². The third-order valence-corrected chi connectivity index (χ3v) is 8.21. The lowest BCUT2D eigenvalue weighted by Crippen LogP contribution is -2.51. The molecule has 0 spiro atoms. The van der Waals surface area contributed by atoms with Gasteiger partial charge in [0, 0.05) is 11.2 Å². The summed E-state index contributed by atoms with van der Waals surface area (Å²) in [5, 5.41) is 3.90. The number of aliphatic hydroxyl groups is 1. The van der Waals surface area contributed by atoms with Gasteiger partial charge in [0.05, 0.1) is 29.8 Å². The van der Waals surface area contributed by atoms with E-state index >= 15 is 0 Å². The van der Waals surface area contributed by atoms with Crippen molar-refractivity contribution in [1.29, 1.82) is 0 Å². The minimum Gasteiger partial charge on any atom is -0.743 e. The molecule has 0 aromatic rings. The number of carbonyl (C=O) groups is 2. The molecule has 3 rings (SSSR count). The van der Waals surface area contributed by atoms with E-state index in [1.807, 2.05) is 0 Å². The maximum Gasteiger partial charge on any atom is 0.396 e. The maximum absolute atomic E-state index is 13.3. The monoisotopic (exact) mass is 495 g/mol. The van der Waals surface area contributed by atoms with Crippen LogP contribution in [0.1, 0.15) is 20.3 Å². The highest BCUT2D eigenvalue weighted by Crippen LogP contribution is 2.61. The average Bonchev–Trinajstić information content (AvgIpc) is 3.20. The van der Waals surface area contributed by atoms with E-state index < -0.39 is 82.5 Å². The van der Waals surface area contributed by atoms with E-state index in [2.05, 4.69) is 4.74 Å². The molecule has 31 heavy (non-hydrogen) atoms. The summed E-state index contributed by atoms with van der Waals surface area (Å²) in [5.74, 6) is -7.97. The first-order valence-electron chi connectivity index (χ1n) is 9.05. The second-order valence-electron chi connectivity index (χ2n) is 8.09. The molecule has 0 aromatic heterocycles. The summed E-state index contributed by atoms with van der Waals surface area (Å²) in [6.45, 7) is 0.984. The van der Waals surface area contributed by atoms with Crippen LogP contribution in [0.15, 0.2) is 0 Å². The SMILES string of the molecule is CC(C)(O)C1C2SC3C(OC(=O)C31)C2OCC(=O)OCCC(F)(F)C(F)(F)S(=O)(=O)[O-].